The van der Waals surface area contributed by atoms with E-state index in [9.17, 15) is 0 Å². The van der Waals surface area contributed by atoms with Gasteiger partial charge in [0.25, 0.3) is 0 Å². The Morgan fingerprint density at radius 1 is 1.62 bits per heavy atom. The normalized spacial score (nSPS) is 37.6. The smallest absolute Gasteiger partial charge is 0.153 e. The second-order valence-electron chi connectivity index (χ2n) is 1.49. The van der Waals surface area contributed by atoms with Crippen LogP contribution in [-0.2, 0) is 4.94 Å². The van der Waals surface area contributed by atoms with E-state index in [1.807, 2.05) is 0 Å². The Balaban J connectivity index is 2.41. The molecule has 8 heavy (non-hydrogen) atoms. The van der Waals surface area contributed by atoms with Gasteiger partial charge >= 0.3 is 0 Å². The van der Waals surface area contributed by atoms with E-state index in [1.165, 1.54) is 0 Å². The molecule has 1 rings (SSSR count). The van der Waals surface area contributed by atoms with Crippen LogP contribution < -0.4 is 16.7 Å². The molecule has 0 aliphatic carbocycles. The van der Waals surface area contributed by atoms with Crippen LogP contribution in [0.3, 0.4) is 0 Å². The fraction of sp³-hybridized carbons (Fsp3) is 0.667. The van der Waals surface area contributed by atoms with Crippen LogP contribution in [0, 0.1) is 0 Å². The first-order valence-corrected chi connectivity index (χ1v) is 2.23. The number of hydroxylamine groups is 2. The van der Waals surface area contributed by atoms with Crippen molar-refractivity contribution in [3.8, 4) is 0 Å². The van der Waals surface area contributed by atoms with E-state index >= 15 is 0 Å². The molecule has 1 saturated heterocycles. The van der Waals surface area contributed by atoms with Crippen molar-refractivity contribution in [2.45, 2.75) is 12.3 Å². The summed E-state index contributed by atoms with van der Waals surface area (Å²) in [5.41, 5.74) is 10.3. The summed E-state index contributed by atoms with van der Waals surface area (Å²) in [6.45, 7) is 3.28. The lowest BCUT2D eigenvalue weighted by atomic mass is 10.4. The van der Waals surface area contributed by atoms with Crippen molar-refractivity contribution in [1.29, 1.82) is 0 Å². The van der Waals surface area contributed by atoms with Gasteiger partial charge in [0.2, 0.25) is 0 Å². The number of aliphatic imine (C=N–C) groups is 1. The molecule has 1 fully saturated rings. The van der Waals surface area contributed by atoms with Crippen molar-refractivity contribution in [3.05, 3.63) is 0 Å². The molecule has 0 spiro atoms. The van der Waals surface area contributed by atoms with Crippen molar-refractivity contribution in [3.63, 3.8) is 0 Å². The fourth-order valence-electron chi connectivity index (χ4n) is 0.451. The average Bonchev–Trinajstić information content (AvgIpc) is 2.14. The van der Waals surface area contributed by atoms with Gasteiger partial charge in [0.1, 0.15) is 6.17 Å². The molecular formula is C3H8N4O. The molecule has 46 valence electrons. The first-order chi connectivity index (χ1) is 3.84. The molecule has 1 aliphatic rings. The van der Waals surface area contributed by atoms with Crippen molar-refractivity contribution in [1.82, 2.24) is 11.0 Å². The lowest BCUT2D eigenvalue weighted by Gasteiger charge is -2.02. The topological polar surface area (TPSA) is 71.7 Å². The second-order valence-corrected chi connectivity index (χ2v) is 1.49. The number of rotatable bonds is 1. The van der Waals surface area contributed by atoms with Crippen LogP contribution in [0.1, 0.15) is 0 Å². The first-order valence-electron chi connectivity index (χ1n) is 2.23. The highest BCUT2D eigenvalue weighted by atomic mass is 16.8. The van der Waals surface area contributed by atoms with E-state index in [0.717, 1.165) is 0 Å². The van der Waals surface area contributed by atoms with Crippen LogP contribution in [0.25, 0.3) is 0 Å². The van der Waals surface area contributed by atoms with Crippen LogP contribution in [0.2, 0.25) is 0 Å². The van der Waals surface area contributed by atoms with Crippen LogP contribution in [0.5, 0.6) is 0 Å². The molecule has 0 radical (unpaired) electrons. The third-order valence-corrected chi connectivity index (χ3v) is 0.912. The molecule has 5 heteroatoms. The van der Waals surface area contributed by atoms with Crippen LogP contribution in [0.15, 0.2) is 4.99 Å². The molecule has 0 aromatic rings. The lowest BCUT2D eigenvalue weighted by molar-refractivity contribution is 0.00981. The van der Waals surface area contributed by atoms with Gasteiger partial charge in [0.15, 0.2) is 6.17 Å². The lowest BCUT2D eigenvalue weighted by Crippen LogP contribution is -2.39. The van der Waals surface area contributed by atoms with Gasteiger partial charge in [-0.3, -0.25) is 4.99 Å². The highest BCUT2D eigenvalue weighted by Crippen LogP contribution is 1.93. The number of hydrogen-bond acceptors (Lipinski definition) is 5. The second kappa shape index (κ2) is 2.19. The molecule has 5 nitrogen and oxygen atoms in total. The summed E-state index contributed by atoms with van der Waals surface area (Å²) in [5.74, 6) is 0. The summed E-state index contributed by atoms with van der Waals surface area (Å²) in [6.07, 6.45) is -0.512. The molecule has 2 atom stereocenters. The molecule has 0 bridgehead atoms. The molecule has 0 aromatic heterocycles. The summed E-state index contributed by atoms with van der Waals surface area (Å²) in [7, 11) is 0. The van der Waals surface area contributed by atoms with E-state index in [4.69, 9.17) is 5.73 Å². The molecule has 0 saturated carbocycles. The largest absolute Gasteiger partial charge is 0.311 e. The summed E-state index contributed by atoms with van der Waals surface area (Å²) in [6, 6.07) is 0. The van der Waals surface area contributed by atoms with Crippen LogP contribution >= 0.6 is 0 Å². The predicted molar refractivity (Wildman–Crippen MR) is 28.7 cm³/mol. The van der Waals surface area contributed by atoms with E-state index in [1.54, 1.807) is 0 Å². The molecule has 0 aromatic carbocycles. The van der Waals surface area contributed by atoms with Crippen molar-refractivity contribution in [2.75, 3.05) is 0 Å². The third kappa shape index (κ3) is 0.846. The number of nitrogens with one attached hydrogen (secondary N) is 2. The average molecular weight is 116 g/mol. The minimum Gasteiger partial charge on any atom is -0.311 e. The predicted octanol–water partition coefficient (Wildman–Crippen LogP) is -1.66. The molecule has 4 N–H and O–H groups in total. The quantitative estimate of drug-likeness (QED) is 0.358. The SMILES string of the molecule is C=NC1NONC1N. The molecular weight excluding hydrogens is 108 g/mol. The van der Waals surface area contributed by atoms with Gasteiger partial charge in [-0.1, -0.05) is 0 Å². The van der Waals surface area contributed by atoms with Gasteiger partial charge in [-0.15, -0.1) is 0 Å². The first kappa shape index (κ1) is 5.64. The standard InChI is InChI=1S/C3H8N4O/c1-5-3-2(4)6-8-7-3/h2-3,6-7H,1,4H2. The van der Waals surface area contributed by atoms with Crippen molar-refractivity contribution >= 4 is 6.72 Å². The minimum atomic E-state index is -0.285. The van der Waals surface area contributed by atoms with E-state index in [0.29, 0.717) is 0 Å². The number of nitrogens with two attached hydrogens (primary N) is 1. The third-order valence-electron chi connectivity index (χ3n) is 0.912. The van der Waals surface area contributed by atoms with E-state index in [-0.39, 0.29) is 12.3 Å². The van der Waals surface area contributed by atoms with E-state index in [2.05, 4.69) is 27.6 Å². The van der Waals surface area contributed by atoms with Gasteiger partial charge < -0.3 is 5.73 Å². The van der Waals surface area contributed by atoms with Crippen LogP contribution in [0.4, 0.5) is 0 Å². The van der Waals surface area contributed by atoms with Gasteiger partial charge in [0, 0.05) is 0 Å². The zero-order valence-corrected chi connectivity index (χ0v) is 4.29. The summed E-state index contributed by atoms with van der Waals surface area (Å²) in [4.78, 5) is 8.10. The van der Waals surface area contributed by atoms with E-state index < -0.39 is 0 Å². The van der Waals surface area contributed by atoms with Crippen molar-refractivity contribution in [2.24, 2.45) is 10.7 Å². The highest BCUT2D eigenvalue weighted by Gasteiger charge is 2.21. The summed E-state index contributed by atoms with van der Waals surface area (Å²) in [5, 5.41) is 0. The van der Waals surface area contributed by atoms with Gasteiger partial charge in [-0.2, -0.15) is 11.0 Å². The Morgan fingerprint density at radius 3 is 2.62 bits per heavy atom. The molecule has 0 amide bonds. The summed E-state index contributed by atoms with van der Waals surface area (Å²) >= 11 is 0. The Kier molecular flexibility index (Phi) is 1.54. The fourth-order valence-corrected chi connectivity index (χ4v) is 0.451. The molecule has 2 unspecified atom stereocenters. The highest BCUT2D eigenvalue weighted by molar-refractivity contribution is 5.24. The Labute approximate surface area is 46.8 Å². The van der Waals surface area contributed by atoms with Gasteiger partial charge in [-0.05, 0) is 6.72 Å². The number of nitrogens with zero attached hydrogens (tertiary/aromatic N) is 1. The maximum absolute atomic E-state index is 5.36. The zero-order chi connectivity index (χ0) is 5.98. The van der Waals surface area contributed by atoms with Gasteiger partial charge in [0.05, 0.1) is 0 Å². The molecule has 1 aliphatic heterocycles. The Hall–Kier alpha value is -0.490. The number of hydrogen-bond donors (Lipinski definition) is 3. The van der Waals surface area contributed by atoms with Crippen LogP contribution in [-0.4, -0.2) is 19.0 Å². The maximum Gasteiger partial charge on any atom is 0.153 e. The maximum atomic E-state index is 5.36. The summed E-state index contributed by atoms with van der Waals surface area (Å²) < 4.78 is 0. The van der Waals surface area contributed by atoms with Gasteiger partial charge in [-0.25, -0.2) is 4.94 Å². The Morgan fingerprint density at radius 2 is 2.38 bits per heavy atom. The monoisotopic (exact) mass is 116 g/mol. The Bertz CT molecular complexity index is 95.3. The minimum absolute atomic E-state index is 0.227. The zero-order valence-electron chi connectivity index (χ0n) is 4.29. The molecule has 1 heterocycles. The van der Waals surface area contributed by atoms with Crippen molar-refractivity contribution < 1.29 is 4.94 Å².